The highest BCUT2D eigenvalue weighted by Crippen LogP contribution is 2.42. The van der Waals surface area contributed by atoms with Crippen LogP contribution in [0, 0.1) is 28.1 Å². The lowest BCUT2D eigenvalue weighted by Crippen LogP contribution is -2.39. The largest absolute Gasteiger partial charge is 0.460 e. The van der Waals surface area contributed by atoms with Crippen LogP contribution in [0.25, 0.3) is 11.6 Å². The molecular formula is C25H25N3O3. The second kappa shape index (κ2) is 8.24. The van der Waals surface area contributed by atoms with Gasteiger partial charge >= 0.3 is 0 Å². The van der Waals surface area contributed by atoms with E-state index in [1.165, 1.54) is 0 Å². The van der Waals surface area contributed by atoms with E-state index in [1.54, 1.807) is 18.2 Å². The van der Waals surface area contributed by atoms with Gasteiger partial charge in [-0.15, -0.1) is 0 Å². The van der Waals surface area contributed by atoms with Crippen LogP contribution in [0.3, 0.4) is 0 Å². The molecule has 158 valence electrons. The first-order valence-electron chi connectivity index (χ1n) is 10.3. The molecule has 0 aromatic heterocycles. The molecule has 0 saturated carbocycles. The highest BCUT2D eigenvalue weighted by Gasteiger charge is 2.30. The molecule has 0 atom stereocenters. The molecule has 2 aromatic carbocycles. The Morgan fingerprint density at radius 3 is 2.29 bits per heavy atom. The van der Waals surface area contributed by atoms with Gasteiger partial charge in [-0.25, -0.2) is 0 Å². The van der Waals surface area contributed by atoms with Crippen molar-refractivity contribution in [2.24, 2.45) is 5.41 Å². The molecular weight excluding hydrogens is 390 g/mol. The molecule has 6 nitrogen and oxygen atoms in total. The maximum atomic E-state index is 12.3. The maximum absolute atomic E-state index is 12.3. The molecule has 1 heterocycles. The Hall–Kier alpha value is -3.64. The SMILES string of the molecule is CCN(CC)c1ccc2c(c1)OC(C(C)(C)C)=CC2=Cc1c(C(C#N)C#N)c(=O)c1=O. The first-order valence-corrected chi connectivity index (χ1v) is 10.3. The van der Waals surface area contributed by atoms with Crippen LogP contribution in [0.5, 0.6) is 5.75 Å². The molecule has 0 saturated heterocycles. The van der Waals surface area contributed by atoms with E-state index in [2.05, 4.69) is 18.7 Å². The quantitative estimate of drug-likeness (QED) is 0.682. The van der Waals surface area contributed by atoms with Crippen molar-refractivity contribution in [2.45, 2.75) is 40.5 Å². The van der Waals surface area contributed by atoms with Gasteiger partial charge in [0.25, 0.3) is 0 Å². The Kier molecular flexibility index (Phi) is 5.86. The van der Waals surface area contributed by atoms with E-state index in [0.29, 0.717) is 11.3 Å². The Morgan fingerprint density at radius 2 is 1.74 bits per heavy atom. The van der Waals surface area contributed by atoms with Gasteiger partial charge in [0.15, 0.2) is 5.92 Å². The summed E-state index contributed by atoms with van der Waals surface area (Å²) in [7, 11) is 0. The van der Waals surface area contributed by atoms with Crippen molar-refractivity contribution < 1.29 is 4.74 Å². The van der Waals surface area contributed by atoms with Gasteiger partial charge in [-0.1, -0.05) is 20.8 Å². The van der Waals surface area contributed by atoms with Crippen molar-refractivity contribution >= 4 is 17.3 Å². The zero-order valence-corrected chi connectivity index (χ0v) is 18.4. The van der Waals surface area contributed by atoms with Crippen LogP contribution in [0.2, 0.25) is 0 Å². The molecule has 6 heteroatoms. The Labute approximate surface area is 182 Å². The third kappa shape index (κ3) is 3.90. The first-order chi connectivity index (χ1) is 14.7. The predicted octanol–water partition coefficient (Wildman–Crippen LogP) is 4.12. The average molecular weight is 415 g/mol. The zero-order valence-electron chi connectivity index (χ0n) is 18.4. The lowest BCUT2D eigenvalue weighted by atomic mass is 9.86. The molecule has 0 amide bonds. The Morgan fingerprint density at radius 1 is 1.10 bits per heavy atom. The van der Waals surface area contributed by atoms with Crippen LogP contribution >= 0.6 is 0 Å². The molecule has 31 heavy (non-hydrogen) atoms. The van der Waals surface area contributed by atoms with Gasteiger partial charge in [0.05, 0.1) is 12.1 Å². The molecule has 1 aliphatic heterocycles. The van der Waals surface area contributed by atoms with Crippen molar-refractivity contribution in [3.63, 3.8) is 0 Å². The summed E-state index contributed by atoms with van der Waals surface area (Å²) in [5.41, 5.74) is 0.899. The molecule has 2 aromatic rings. The van der Waals surface area contributed by atoms with E-state index in [-0.39, 0.29) is 16.5 Å². The van der Waals surface area contributed by atoms with E-state index >= 15 is 0 Å². The molecule has 0 bridgehead atoms. The summed E-state index contributed by atoms with van der Waals surface area (Å²) >= 11 is 0. The molecule has 0 N–H and O–H groups in total. The lowest BCUT2D eigenvalue weighted by Gasteiger charge is -2.30. The van der Waals surface area contributed by atoms with Gasteiger partial charge in [-0.05, 0) is 43.7 Å². The molecule has 0 spiro atoms. The fourth-order valence-corrected chi connectivity index (χ4v) is 3.65. The van der Waals surface area contributed by atoms with Crippen LogP contribution in [0.15, 0.2) is 39.6 Å². The first kappa shape index (κ1) is 22.1. The second-order valence-electron chi connectivity index (χ2n) is 8.49. The maximum Gasteiger partial charge on any atom is 0.233 e. The average Bonchev–Trinajstić information content (AvgIpc) is 2.75. The standard InChI is InChI=1S/C25H25N3O3/c1-6-28(7-2)17-8-9-18-15(11-21(25(3,4)5)31-20(18)12-17)10-19-22(16(13-26)14-27)24(30)23(19)29/h8-12,16H,6-7H2,1-5H3. The van der Waals surface area contributed by atoms with Crippen LogP contribution < -0.4 is 20.5 Å². The van der Waals surface area contributed by atoms with Crippen molar-refractivity contribution in [1.29, 1.82) is 10.5 Å². The van der Waals surface area contributed by atoms with Gasteiger partial charge in [0.2, 0.25) is 10.9 Å². The van der Waals surface area contributed by atoms with E-state index in [1.807, 2.05) is 45.0 Å². The summed E-state index contributed by atoms with van der Waals surface area (Å²) in [5.74, 6) is 0.133. The summed E-state index contributed by atoms with van der Waals surface area (Å²) in [6.07, 6.45) is 3.46. The van der Waals surface area contributed by atoms with Gasteiger partial charge in [0, 0.05) is 46.9 Å². The molecule has 0 radical (unpaired) electrons. The van der Waals surface area contributed by atoms with Crippen LogP contribution in [0.1, 0.15) is 57.2 Å². The number of anilines is 1. The van der Waals surface area contributed by atoms with Gasteiger partial charge in [-0.2, -0.15) is 10.5 Å². The summed E-state index contributed by atoms with van der Waals surface area (Å²) in [5, 5.41) is 18.4. The van der Waals surface area contributed by atoms with Crippen LogP contribution in [-0.4, -0.2) is 13.1 Å². The Bertz CT molecular complexity index is 1220. The van der Waals surface area contributed by atoms with Crippen molar-refractivity contribution in [3.05, 3.63) is 67.2 Å². The van der Waals surface area contributed by atoms with Gasteiger partial charge in [0.1, 0.15) is 11.5 Å². The number of hydrogen-bond donors (Lipinski definition) is 0. The highest BCUT2D eigenvalue weighted by molar-refractivity contribution is 5.93. The van der Waals surface area contributed by atoms with Crippen molar-refractivity contribution in [2.75, 3.05) is 18.0 Å². The molecule has 0 fully saturated rings. The summed E-state index contributed by atoms with van der Waals surface area (Å²) < 4.78 is 6.23. The zero-order chi connectivity index (χ0) is 22.9. The van der Waals surface area contributed by atoms with Gasteiger partial charge in [-0.3, -0.25) is 9.59 Å². The minimum atomic E-state index is -1.26. The van der Waals surface area contributed by atoms with Crippen molar-refractivity contribution in [3.8, 4) is 17.9 Å². The third-order valence-electron chi connectivity index (χ3n) is 5.48. The highest BCUT2D eigenvalue weighted by atomic mass is 16.5. The number of hydrogen-bond acceptors (Lipinski definition) is 6. The summed E-state index contributed by atoms with van der Waals surface area (Å²) in [4.78, 5) is 26.5. The number of allylic oxidation sites excluding steroid dienone is 3. The predicted molar refractivity (Wildman–Crippen MR) is 121 cm³/mol. The van der Waals surface area contributed by atoms with E-state index < -0.39 is 16.8 Å². The van der Waals surface area contributed by atoms with Gasteiger partial charge < -0.3 is 9.64 Å². The van der Waals surface area contributed by atoms with Crippen LogP contribution in [0.4, 0.5) is 5.69 Å². The summed E-state index contributed by atoms with van der Waals surface area (Å²) in [6, 6.07) is 9.49. The second-order valence-corrected chi connectivity index (χ2v) is 8.49. The summed E-state index contributed by atoms with van der Waals surface area (Å²) in [6.45, 7) is 12.0. The van der Waals surface area contributed by atoms with Crippen LogP contribution in [-0.2, 0) is 0 Å². The number of nitriles is 2. The molecule has 0 aliphatic carbocycles. The number of benzene rings is 1. The molecule has 1 aliphatic rings. The minimum Gasteiger partial charge on any atom is -0.460 e. The molecule has 0 unspecified atom stereocenters. The lowest BCUT2D eigenvalue weighted by molar-refractivity contribution is 0.291. The van der Waals surface area contributed by atoms with E-state index in [0.717, 1.165) is 30.1 Å². The Balaban J connectivity index is 2.20. The smallest absolute Gasteiger partial charge is 0.233 e. The fourth-order valence-electron chi connectivity index (χ4n) is 3.65. The number of fused-ring (bicyclic) bond motifs is 1. The molecule has 3 rings (SSSR count). The topological polar surface area (TPSA) is 94.2 Å². The number of rotatable bonds is 5. The van der Waals surface area contributed by atoms with E-state index in [4.69, 9.17) is 4.74 Å². The minimum absolute atomic E-state index is 0.0268. The normalized spacial score (nSPS) is 14.6. The fraction of sp³-hybridized carbons (Fsp3) is 0.360. The number of nitrogens with zero attached hydrogens (tertiary/aromatic N) is 3. The van der Waals surface area contributed by atoms with E-state index in [9.17, 15) is 20.1 Å². The monoisotopic (exact) mass is 415 g/mol. The number of ether oxygens (including phenoxy) is 1. The van der Waals surface area contributed by atoms with Crippen molar-refractivity contribution in [1.82, 2.24) is 0 Å². The third-order valence-corrected chi connectivity index (χ3v) is 5.48.